The zero-order valence-electron chi connectivity index (χ0n) is 9.36. The molecular weight excluding hydrogens is 228 g/mol. The highest BCUT2D eigenvalue weighted by atomic mass is 32.2. The molecule has 92 valence electrons. The van der Waals surface area contributed by atoms with Crippen molar-refractivity contribution in [3.05, 3.63) is 18.2 Å². The minimum Gasteiger partial charge on any atom is -0.348 e. The van der Waals surface area contributed by atoms with Gasteiger partial charge in [0.2, 0.25) is 10.0 Å². The number of aromatic nitrogens is 2. The average Bonchev–Trinajstić information content (AvgIpc) is 2.76. The van der Waals surface area contributed by atoms with Crippen LogP contribution in [0.4, 0.5) is 0 Å². The second-order valence-corrected chi connectivity index (χ2v) is 5.46. The van der Waals surface area contributed by atoms with E-state index < -0.39 is 10.0 Å². The van der Waals surface area contributed by atoms with Gasteiger partial charge in [0.05, 0.1) is 12.3 Å². The summed E-state index contributed by atoms with van der Waals surface area (Å²) in [6.07, 6.45) is 4.23. The van der Waals surface area contributed by atoms with Crippen LogP contribution in [0.25, 0.3) is 0 Å². The molecule has 16 heavy (non-hydrogen) atoms. The highest BCUT2D eigenvalue weighted by Crippen LogP contribution is 1.87. The Hall–Kier alpha value is -0.920. The number of nitrogens with zero attached hydrogens (tertiary/aromatic N) is 1. The lowest BCUT2D eigenvalue weighted by atomic mass is 10.4. The standard InChI is InChI=1S/C9H18N4O2S/c1-2-16(14,15)13-5-3-4-10-8-9-11-6-7-12-9/h6-7,10,13H,2-5,8H2,1H3,(H,11,12). The maximum absolute atomic E-state index is 11.1. The van der Waals surface area contributed by atoms with E-state index in [1.165, 1.54) is 0 Å². The number of aromatic amines is 1. The Morgan fingerprint density at radius 1 is 1.44 bits per heavy atom. The second kappa shape index (κ2) is 6.62. The Morgan fingerprint density at radius 2 is 2.25 bits per heavy atom. The fraction of sp³-hybridized carbons (Fsp3) is 0.667. The third kappa shape index (κ3) is 5.24. The van der Waals surface area contributed by atoms with E-state index in [4.69, 9.17) is 0 Å². The third-order valence-electron chi connectivity index (χ3n) is 2.08. The van der Waals surface area contributed by atoms with E-state index in [0.29, 0.717) is 13.1 Å². The third-order valence-corrected chi connectivity index (χ3v) is 3.48. The SMILES string of the molecule is CCS(=O)(=O)NCCCNCc1ncc[nH]1. The minimum atomic E-state index is -3.05. The molecule has 0 amide bonds. The molecule has 0 aliphatic rings. The van der Waals surface area contributed by atoms with Crippen LogP contribution in [-0.2, 0) is 16.6 Å². The molecule has 0 saturated heterocycles. The van der Waals surface area contributed by atoms with Gasteiger partial charge in [-0.2, -0.15) is 0 Å². The van der Waals surface area contributed by atoms with Gasteiger partial charge in [-0.15, -0.1) is 0 Å². The number of sulfonamides is 1. The molecule has 0 aliphatic heterocycles. The van der Waals surface area contributed by atoms with Gasteiger partial charge < -0.3 is 10.3 Å². The predicted molar refractivity (Wildman–Crippen MR) is 62.4 cm³/mol. The van der Waals surface area contributed by atoms with E-state index in [9.17, 15) is 8.42 Å². The molecule has 0 unspecified atom stereocenters. The summed E-state index contributed by atoms with van der Waals surface area (Å²) in [5.74, 6) is 1.02. The van der Waals surface area contributed by atoms with Gasteiger partial charge in [-0.3, -0.25) is 0 Å². The number of hydrogen-bond donors (Lipinski definition) is 3. The molecule has 0 radical (unpaired) electrons. The van der Waals surface area contributed by atoms with E-state index in [2.05, 4.69) is 20.0 Å². The lowest BCUT2D eigenvalue weighted by Crippen LogP contribution is -2.28. The zero-order valence-corrected chi connectivity index (χ0v) is 10.2. The fourth-order valence-corrected chi connectivity index (χ4v) is 1.80. The molecule has 1 aromatic heterocycles. The summed E-state index contributed by atoms with van der Waals surface area (Å²) in [5, 5.41) is 3.16. The first kappa shape index (κ1) is 13.1. The van der Waals surface area contributed by atoms with Crippen molar-refractivity contribution in [2.24, 2.45) is 0 Å². The van der Waals surface area contributed by atoms with Gasteiger partial charge in [-0.05, 0) is 19.9 Å². The smallest absolute Gasteiger partial charge is 0.211 e. The Kier molecular flexibility index (Phi) is 5.44. The number of hydrogen-bond acceptors (Lipinski definition) is 4. The van der Waals surface area contributed by atoms with Gasteiger partial charge in [0.1, 0.15) is 5.82 Å². The Balaban J connectivity index is 2.01. The van der Waals surface area contributed by atoms with E-state index in [1.54, 1.807) is 19.3 Å². The van der Waals surface area contributed by atoms with Crippen LogP contribution in [-0.4, -0.2) is 37.2 Å². The van der Waals surface area contributed by atoms with Gasteiger partial charge in [0.15, 0.2) is 0 Å². The maximum atomic E-state index is 11.1. The molecule has 1 rings (SSSR count). The van der Waals surface area contributed by atoms with Crippen molar-refractivity contribution < 1.29 is 8.42 Å². The fourth-order valence-electron chi connectivity index (χ4n) is 1.14. The molecule has 6 nitrogen and oxygen atoms in total. The lowest BCUT2D eigenvalue weighted by molar-refractivity contribution is 0.573. The molecule has 0 aliphatic carbocycles. The molecule has 0 bridgehead atoms. The predicted octanol–water partition coefficient (Wildman–Crippen LogP) is -0.171. The number of H-pyrrole nitrogens is 1. The number of rotatable bonds is 8. The number of imidazole rings is 1. The largest absolute Gasteiger partial charge is 0.348 e. The van der Waals surface area contributed by atoms with Crippen LogP contribution < -0.4 is 10.0 Å². The maximum Gasteiger partial charge on any atom is 0.211 e. The van der Waals surface area contributed by atoms with E-state index >= 15 is 0 Å². The monoisotopic (exact) mass is 246 g/mol. The zero-order chi connectivity index (χ0) is 11.9. The normalized spacial score (nSPS) is 11.8. The average molecular weight is 246 g/mol. The highest BCUT2D eigenvalue weighted by molar-refractivity contribution is 7.89. The van der Waals surface area contributed by atoms with Gasteiger partial charge in [0, 0.05) is 18.9 Å². The van der Waals surface area contributed by atoms with Crippen LogP contribution in [0.15, 0.2) is 12.4 Å². The lowest BCUT2D eigenvalue weighted by Gasteiger charge is -2.04. The Morgan fingerprint density at radius 3 is 2.88 bits per heavy atom. The first-order chi connectivity index (χ1) is 7.64. The summed E-state index contributed by atoms with van der Waals surface area (Å²) in [6, 6.07) is 0. The van der Waals surface area contributed by atoms with Gasteiger partial charge in [0.25, 0.3) is 0 Å². The van der Waals surface area contributed by atoms with Crippen LogP contribution >= 0.6 is 0 Å². The second-order valence-electron chi connectivity index (χ2n) is 3.36. The summed E-state index contributed by atoms with van der Waals surface area (Å²) < 4.78 is 24.7. The van der Waals surface area contributed by atoms with Gasteiger partial charge >= 0.3 is 0 Å². The Labute approximate surface area is 95.9 Å². The molecular formula is C9H18N4O2S. The summed E-state index contributed by atoms with van der Waals surface area (Å²) in [6.45, 7) is 3.53. The van der Waals surface area contributed by atoms with E-state index in [1.807, 2.05) is 0 Å². The van der Waals surface area contributed by atoms with Crippen molar-refractivity contribution in [2.75, 3.05) is 18.8 Å². The van der Waals surface area contributed by atoms with Crippen molar-refractivity contribution >= 4 is 10.0 Å². The van der Waals surface area contributed by atoms with Crippen LogP contribution in [0.2, 0.25) is 0 Å². The van der Waals surface area contributed by atoms with Crippen molar-refractivity contribution in [1.82, 2.24) is 20.0 Å². The Bertz CT molecular complexity index is 374. The van der Waals surface area contributed by atoms with Gasteiger partial charge in [-0.25, -0.2) is 18.1 Å². The quantitative estimate of drug-likeness (QED) is 0.556. The molecule has 3 N–H and O–H groups in total. The number of nitrogens with one attached hydrogen (secondary N) is 3. The van der Waals surface area contributed by atoms with Gasteiger partial charge in [-0.1, -0.05) is 0 Å². The van der Waals surface area contributed by atoms with Crippen LogP contribution in [0.1, 0.15) is 19.2 Å². The molecule has 0 spiro atoms. The summed E-state index contributed by atoms with van der Waals surface area (Å²) >= 11 is 0. The van der Waals surface area contributed by atoms with Crippen molar-refractivity contribution in [3.8, 4) is 0 Å². The molecule has 1 heterocycles. The minimum absolute atomic E-state index is 0.132. The first-order valence-electron chi connectivity index (χ1n) is 5.30. The summed E-state index contributed by atoms with van der Waals surface area (Å²) in [7, 11) is -3.05. The molecule has 7 heteroatoms. The summed E-state index contributed by atoms with van der Waals surface area (Å²) in [4.78, 5) is 7.03. The molecule has 1 aromatic rings. The van der Waals surface area contributed by atoms with Crippen molar-refractivity contribution in [1.29, 1.82) is 0 Å². The van der Waals surface area contributed by atoms with Crippen LogP contribution in [0.5, 0.6) is 0 Å². The van der Waals surface area contributed by atoms with Crippen LogP contribution in [0.3, 0.4) is 0 Å². The molecule has 0 aromatic carbocycles. The van der Waals surface area contributed by atoms with Crippen molar-refractivity contribution in [3.63, 3.8) is 0 Å². The first-order valence-corrected chi connectivity index (χ1v) is 6.95. The molecule has 0 fully saturated rings. The topological polar surface area (TPSA) is 86.9 Å². The molecule has 0 saturated carbocycles. The molecule has 0 atom stereocenters. The van der Waals surface area contributed by atoms with Crippen molar-refractivity contribution in [2.45, 2.75) is 19.9 Å². The van der Waals surface area contributed by atoms with Crippen LogP contribution in [0, 0.1) is 0 Å². The summed E-state index contributed by atoms with van der Waals surface area (Å²) in [5.41, 5.74) is 0. The van der Waals surface area contributed by atoms with E-state index in [-0.39, 0.29) is 5.75 Å². The highest BCUT2D eigenvalue weighted by Gasteiger charge is 2.03. The van der Waals surface area contributed by atoms with E-state index in [0.717, 1.165) is 18.8 Å².